The van der Waals surface area contributed by atoms with Crippen LogP contribution in [0.3, 0.4) is 0 Å². The summed E-state index contributed by atoms with van der Waals surface area (Å²) in [7, 11) is 3.45. The average Bonchev–Trinajstić information content (AvgIpc) is 2.39. The minimum Gasteiger partial charge on any atom is -0.383 e. The van der Waals surface area contributed by atoms with E-state index in [1.807, 2.05) is 4.90 Å². The zero-order valence-electron chi connectivity index (χ0n) is 10.9. The van der Waals surface area contributed by atoms with Gasteiger partial charge in [-0.1, -0.05) is 0 Å². The van der Waals surface area contributed by atoms with Gasteiger partial charge >= 0.3 is 0 Å². The average molecular weight is 244 g/mol. The number of hydrogen-bond donors (Lipinski definition) is 0. The molecular weight excluding hydrogens is 220 g/mol. The van der Waals surface area contributed by atoms with Gasteiger partial charge in [0.1, 0.15) is 0 Å². The third-order valence-electron chi connectivity index (χ3n) is 3.33. The Labute approximate surface area is 104 Å². The summed E-state index contributed by atoms with van der Waals surface area (Å²) in [5, 5.41) is 0. The molecule has 1 fully saturated rings. The van der Waals surface area contributed by atoms with Crippen molar-refractivity contribution in [3.8, 4) is 0 Å². The van der Waals surface area contributed by atoms with Gasteiger partial charge in [-0.2, -0.15) is 0 Å². The maximum atomic E-state index is 10.7. The number of carbonyl (C=O) groups excluding carboxylic acids is 1. The zero-order valence-corrected chi connectivity index (χ0v) is 10.9. The zero-order chi connectivity index (χ0) is 12.5. The normalized spacial score (nSPS) is 17.7. The monoisotopic (exact) mass is 244 g/mol. The van der Waals surface area contributed by atoms with E-state index < -0.39 is 0 Å². The van der Waals surface area contributed by atoms with Gasteiger partial charge in [-0.25, -0.2) is 0 Å². The van der Waals surface area contributed by atoms with E-state index in [1.54, 1.807) is 14.2 Å². The van der Waals surface area contributed by atoms with Crippen LogP contribution in [0, 0.1) is 0 Å². The van der Waals surface area contributed by atoms with Crippen molar-refractivity contribution in [1.29, 1.82) is 0 Å². The summed E-state index contributed by atoms with van der Waals surface area (Å²) in [4.78, 5) is 14.9. The number of hydrogen-bond acceptors (Lipinski definition) is 4. The van der Waals surface area contributed by atoms with Crippen LogP contribution < -0.4 is 0 Å². The van der Waals surface area contributed by atoms with Crippen LogP contribution in [0.4, 0.5) is 0 Å². The van der Waals surface area contributed by atoms with E-state index in [1.165, 1.54) is 0 Å². The molecule has 0 radical (unpaired) electrons. The van der Waals surface area contributed by atoms with Crippen LogP contribution in [-0.4, -0.2) is 75.9 Å². The quantitative estimate of drug-likeness (QED) is 0.572. The Morgan fingerprint density at radius 3 is 2.12 bits per heavy atom. The lowest BCUT2D eigenvalue weighted by Gasteiger charge is -2.37. The summed E-state index contributed by atoms with van der Waals surface area (Å²) in [5.74, 6) is 0. The Kier molecular flexibility index (Phi) is 7.16. The fourth-order valence-corrected chi connectivity index (χ4v) is 2.25. The number of nitrogens with zero attached hydrogens (tertiary/aromatic N) is 2. The Morgan fingerprint density at radius 2 is 1.71 bits per heavy atom. The summed E-state index contributed by atoms with van der Waals surface area (Å²) >= 11 is 0. The van der Waals surface area contributed by atoms with Crippen molar-refractivity contribution < 1.29 is 14.3 Å². The largest absolute Gasteiger partial charge is 0.383 e. The van der Waals surface area contributed by atoms with E-state index in [4.69, 9.17) is 9.47 Å². The number of carbonyl (C=O) groups is 1. The Bertz CT molecular complexity index is 198. The molecular formula is C12H24N2O3. The Hall–Kier alpha value is -0.650. The van der Waals surface area contributed by atoms with Crippen LogP contribution >= 0.6 is 0 Å². The molecule has 0 aromatic rings. The Balaban J connectivity index is 2.37. The molecule has 100 valence electrons. The second kappa shape index (κ2) is 8.44. The summed E-state index contributed by atoms with van der Waals surface area (Å²) in [6, 6.07) is 0.552. The van der Waals surface area contributed by atoms with Crippen LogP contribution in [0.5, 0.6) is 0 Å². The van der Waals surface area contributed by atoms with Crippen LogP contribution in [-0.2, 0) is 14.3 Å². The summed E-state index contributed by atoms with van der Waals surface area (Å²) < 4.78 is 10.3. The maximum absolute atomic E-state index is 10.7. The van der Waals surface area contributed by atoms with Crippen molar-refractivity contribution in [2.45, 2.75) is 18.9 Å². The van der Waals surface area contributed by atoms with E-state index in [-0.39, 0.29) is 0 Å². The lowest BCUT2D eigenvalue weighted by molar-refractivity contribution is -0.119. The molecule has 0 saturated carbocycles. The fourth-order valence-electron chi connectivity index (χ4n) is 2.25. The van der Waals surface area contributed by atoms with Crippen molar-refractivity contribution in [2.24, 2.45) is 0 Å². The third-order valence-corrected chi connectivity index (χ3v) is 3.33. The van der Waals surface area contributed by atoms with E-state index in [9.17, 15) is 4.79 Å². The van der Waals surface area contributed by atoms with E-state index >= 15 is 0 Å². The molecule has 0 spiro atoms. The van der Waals surface area contributed by atoms with E-state index in [2.05, 4.69) is 4.90 Å². The first kappa shape index (κ1) is 14.4. The SMILES string of the molecule is COCCN(CCOC)C1CCN(C=O)CC1. The highest BCUT2D eigenvalue weighted by Crippen LogP contribution is 2.15. The third kappa shape index (κ3) is 5.02. The molecule has 1 rings (SSSR count). The van der Waals surface area contributed by atoms with Crippen molar-refractivity contribution >= 4 is 6.41 Å². The number of likely N-dealkylation sites (tertiary alicyclic amines) is 1. The molecule has 1 heterocycles. The van der Waals surface area contributed by atoms with Gasteiger partial charge in [-0.3, -0.25) is 9.69 Å². The minimum absolute atomic E-state index is 0.552. The topological polar surface area (TPSA) is 42.0 Å². The molecule has 0 atom stereocenters. The van der Waals surface area contributed by atoms with Gasteiger partial charge in [-0.05, 0) is 12.8 Å². The van der Waals surface area contributed by atoms with Gasteiger partial charge in [0, 0.05) is 46.4 Å². The maximum Gasteiger partial charge on any atom is 0.209 e. The summed E-state index contributed by atoms with van der Waals surface area (Å²) in [6.45, 7) is 5.10. The molecule has 17 heavy (non-hydrogen) atoms. The van der Waals surface area contributed by atoms with Gasteiger partial charge in [0.15, 0.2) is 0 Å². The van der Waals surface area contributed by atoms with Gasteiger partial charge in [-0.15, -0.1) is 0 Å². The van der Waals surface area contributed by atoms with Gasteiger partial charge in [0.2, 0.25) is 6.41 Å². The lowest BCUT2D eigenvalue weighted by Crippen LogP contribution is -2.46. The molecule has 1 aliphatic heterocycles. The highest BCUT2D eigenvalue weighted by atomic mass is 16.5. The first-order chi connectivity index (χ1) is 8.31. The summed E-state index contributed by atoms with van der Waals surface area (Å²) in [5.41, 5.74) is 0. The standard InChI is InChI=1S/C12H24N2O3/c1-16-9-7-14(8-10-17-2)12-3-5-13(11-15)6-4-12/h11-12H,3-10H2,1-2H3. The van der Waals surface area contributed by atoms with Crippen LogP contribution in [0.2, 0.25) is 0 Å². The van der Waals surface area contributed by atoms with Gasteiger partial charge < -0.3 is 14.4 Å². The first-order valence-corrected chi connectivity index (χ1v) is 6.23. The lowest BCUT2D eigenvalue weighted by atomic mass is 10.0. The number of piperidine rings is 1. The Morgan fingerprint density at radius 1 is 1.18 bits per heavy atom. The van der Waals surface area contributed by atoms with Crippen molar-refractivity contribution in [2.75, 3.05) is 53.6 Å². The molecule has 1 saturated heterocycles. The van der Waals surface area contributed by atoms with Crippen LogP contribution in [0.1, 0.15) is 12.8 Å². The molecule has 0 N–H and O–H groups in total. The van der Waals surface area contributed by atoms with Crippen molar-refractivity contribution in [3.05, 3.63) is 0 Å². The van der Waals surface area contributed by atoms with E-state index in [0.717, 1.165) is 58.6 Å². The smallest absolute Gasteiger partial charge is 0.209 e. The molecule has 1 amide bonds. The second-order valence-corrected chi connectivity index (χ2v) is 4.39. The predicted molar refractivity (Wildman–Crippen MR) is 66.0 cm³/mol. The molecule has 0 bridgehead atoms. The second-order valence-electron chi connectivity index (χ2n) is 4.39. The summed E-state index contributed by atoms with van der Waals surface area (Å²) in [6.07, 6.45) is 3.04. The van der Waals surface area contributed by atoms with Gasteiger partial charge in [0.25, 0.3) is 0 Å². The highest BCUT2D eigenvalue weighted by molar-refractivity contribution is 5.47. The first-order valence-electron chi connectivity index (χ1n) is 6.23. The molecule has 5 nitrogen and oxygen atoms in total. The number of amides is 1. The molecule has 0 aromatic heterocycles. The fraction of sp³-hybridized carbons (Fsp3) is 0.917. The molecule has 0 aromatic carbocycles. The van der Waals surface area contributed by atoms with Crippen molar-refractivity contribution in [1.82, 2.24) is 9.80 Å². The van der Waals surface area contributed by atoms with Crippen LogP contribution in [0.15, 0.2) is 0 Å². The molecule has 0 unspecified atom stereocenters. The molecule has 0 aliphatic carbocycles. The van der Waals surface area contributed by atoms with E-state index in [0.29, 0.717) is 6.04 Å². The number of methoxy groups -OCH3 is 2. The van der Waals surface area contributed by atoms with Crippen molar-refractivity contribution in [3.63, 3.8) is 0 Å². The number of rotatable bonds is 8. The number of ether oxygens (including phenoxy) is 2. The minimum atomic E-state index is 0.552. The van der Waals surface area contributed by atoms with Gasteiger partial charge in [0.05, 0.1) is 13.2 Å². The highest BCUT2D eigenvalue weighted by Gasteiger charge is 2.23. The molecule has 5 heteroatoms. The predicted octanol–water partition coefficient (Wildman–Crippen LogP) is 0.202. The van der Waals surface area contributed by atoms with Crippen LogP contribution in [0.25, 0.3) is 0 Å². The molecule has 1 aliphatic rings.